The van der Waals surface area contributed by atoms with Crippen LogP contribution in [-0.2, 0) is 4.74 Å². The summed E-state index contributed by atoms with van der Waals surface area (Å²) in [6.07, 6.45) is -0.378. The summed E-state index contributed by atoms with van der Waals surface area (Å²) in [5.41, 5.74) is 0.428. The molecule has 172 valence electrons. The summed E-state index contributed by atoms with van der Waals surface area (Å²) < 4.78 is 11.8. The Kier molecular flexibility index (Phi) is 6.58. The molecular weight excluding hydrogens is 424 g/mol. The SMILES string of the molecule is CCOC(=O)N1CCN(C(=O)c2nn(-c3ccc(OCC)cc3)c(=O)c3ccccc23)CC1. The van der Waals surface area contributed by atoms with E-state index in [4.69, 9.17) is 9.47 Å². The van der Waals surface area contributed by atoms with Gasteiger partial charge < -0.3 is 19.3 Å². The quantitative estimate of drug-likeness (QED) is 0.593. The first-order valence-electron chi connectivity index (χ1n) is 11.0. The Bertz CT molecular complexity index is 1210. The average Bonchev–Trinajstić information content (AvgIpc) is 2.85. The first kappa shape index (κ1) is 22.3. The Morgan fingerprint density at radius 1 is 0.879 bits per heavy atom. The molecule has 0 aliphatic carbocycles. The molecule has 0 radical (unpaired) electrons. The molecule has 1 aromatic heterocycles. The molecule has 0 bridgehead atoms. The molecule has 1 fully saturated rings. The van der Waals surface area contributed by atoms with Gasteiger partial charge in [0.15, 0.2) is 5.69 Å². The number of nitrogens with zero attached hydrogens (tertiary/aromatic N) is 4. The van der Waals surface area contributed by atoms with Crippen LogP contribution in [0.1, 0.15) is 24.3 Å². The Morgan fingerprint density at radius 2 is 1.52 bits per heavy atom. The number of benzene rings is 2. The molecule has 0 N–H and O–H groups in total. The minimum absolute atomic E-state index is 0.198. The third kappa shape index (κ3) is 4.52. The zero-order valence-electron chi connectivity index (χ0n) is 18.7. The van der Waals surface area contributed by atoms with E-state index in [1.165, 1.54) is 4.68 Å². The van der Waals surface area contributed by atoms with Gasteiger partial charge in [-0.3, -0.25) is 9.59 Å². The van der Waals surface area contributed by atoms with Crippen LogP contribution in [0.15, 0.2) is 53.3 Å². The zero-order chi connectivity index (χ0) is 23.4. The van der Waals surface area contributed by atoms with Gasteiger partial charge in [-0.05, 0) is 44.2 Å². The Labute approximate surface area is 191 Å². The van der Waals surface area contributed by atoms with Gasteiger partial charge >= 0.3 is 6.09 Å². The summed E-state index contributed by atoms with van der Waals surface area (Å²) >= 11 is 0. The predicted molar refractivity (Wildman–Crippen MR) is 123 cm³/mol. The van der Waals surface area contributed by atoms with E-state index in [-0.39, 0.29) is 23.3 Å². The predicted octanol–water partition coefficient (Wildman–Crippen LogP) is 2.70. The molecule has 33 heavy (non-hydrogen) atoms. The minimum atomic E-state index is -0.378. The molecule has 4 rings (SSSR count). The fraction of sp³-hybridized carbons (Fsp3) is 0.333. The molecule has 0 saturated carbocycles. The Balaban J connectivity index is 1.67. The summed E-state index contributed by atoms with van der Waals surface area (Å²) in [4.78, 5) is 41.8. The number of hydrogen-bond acceptors (Lipinski definition) is 6. The number of aromatic nitrogens is 2. The zero-order valence-corrected chi connectivity index (χ0v) is 18.7. The number of fused-ring (bicyclic) bond motifs is 1. The molecular formula is C24H26N4O5. The second kappa shape index (κ2) is 9.72. The second-order valence-electron chi connectivity index (χ2n) is 7.52. The lowest BCUT2D eigenvalue weighted by molar-refractivity contribution is 0.0566. The molecule has 1 aliphatic rings. The van der Waals surface area contributed by atoms with Crippen molar-refractivity contribution in [2.24, 2.45) is 0 Å². The highest BCUT2D eigenvalue weighted by Crippen LogP contribution is 2.19. The molecule has 9 heteroatoms. The van der Waals surface area contributed by atoms with E-state index in [0.29, 0.717) is 61.6 Å². The van der Waals surface area contributed by atoms with E-state index in [2.05, 4.69) is 5.10 Å². The van der Waals surface area contributed by atoms with E-state index < -0.39 is 0 Å². The maximum Gasteiger partial charge on any atom is 0.409 e. The summed E-state index contributed by atoms with van der Waals surface area (Å²) in [5.74, 6) is 0.403. The lowest BCUT2D eigenvalue weighted by Gasteiger charge is -2.34. The van der Waals surface area contributed by atoms with Crippen molar-refractivity contribution in [2.45, 2.75) is 13.8 Å². The fourth-order valence-electron chi connectivity index (χ4n) is 3.83. The van der Waals surface area contributed by atoms with E-state index in [9.17, 15) is 14.4 Å². The molecule has 1 aliphatic heterocycles. The van der Waals surface area contributed by atoms with Gasteiger partial charge in [-0.15, -0.1) is 0 Å². The van der Waals surface area contributed by atoms with Crippen molar-refractivity contribution in [1.82, 2.24) is 19.6 Å². The van der Waals surface area contributed by atoms with E-state index in [1.807, 2.05) is 6.92 Å². The normalized spacial score (nSPS) is 13.8. The van der Waals surface area contributed by atoms with Gasteiger partial charge in [-0.2, -0.15) is 9.78 Å². The maximum atomic E-state index is 13.4. The fourth-order valence-corrected chi connectivity index (χ4v) is 3.83. The topological polar surface area (TPSA) is 94.0 Å². The lowest BCUT2D eigenvalue weighted by Crippen LogP contribution is -2.51. The van der Waals surface area contributed by atoms with Crippen molar-refractivity contribution in [3.05, 3.63) is 64.6 Å². The Morgan fingerprint density at radius 3 is 2.15 bits per heavy atom. The van der Waals surface area contributed by atoms with Crippen LogP contribution >= 0.6 is 0 Å². The summed E-state index contributed by atoms with van der Waals surface area (Å²) in [6.45, 7) is 5.96. The number of carbonyl (C=O) groups is 2. The third-order valence-corrected chi connectivity index (χ3v) is 5.49. The van der Waals surface area contributed by atoms with Crippen LogP contribution in [0.2, 0.25) is 0 Å². The molecule has 2 amide bonds. The van der Waals surface area contributed by atoms with Crippen molar-refractivity contribution >= 4 is 22.8 Å². The second-order valence-corrected chi connectivity index (χ2v) is 7.52. The highest BCUT2D eigenvalue weighted by Gasteiger charge is 2.28. The molecule has 2 heterocycles. The highest BCUT2D eigenvalue weighted by atomic mass is 16.6. The van der Waals surface area contributed by atoms with Crippen molar-refractivity contribution in [3.63, 3.8) is 0 Å². The van der Waals surface area contributed by atoms with Crippen LogP contribution in [-0.4, -0.2) is 71.0 Å². The van der Waals surface area contributed by atoms with Crippen LogP contribution in [0.5, 0.6) is 5.75 Å². The molecule has 1 saturated heterocycles. The van der Waals surface area contributed by atoms with Crippen LogP contribution in [0.4, 0.5) is 4.79 Å². The standard InChI is InChI=1S/C24H26N4O5/c1-3-32-18-11-9-17(10-12-18)28-22(29)20-8-6-5-7-19(20)21(25-28)23(30)26-13-15-27(16-14-26)24(31)33-4-2/h5-12H,3-4,13-16H2,1-2H3. The highest BCUT2D eigenvalue weighted by molar-refractivity contribution is 6.05. The van der Waals surface area contributed by atoms with Gasteiger partial charge in [0.2, 0.25) is 0 Å². The first-order valence-corrected chi connectivity index (χ1v) is 11.0. The van der Waals surface area contributed by atoms with E-state index >= 15 is 0 Å². The smallest absolute Gasteiger partial charge is 0.409 e. The Hall–Kier alpha value is -3.88. The van der Waals surface area contributed by atoms with Crippen LogP contribution in [0.3, 0.4) is 0 Å². The number of hydrogen-bond donors (Lipinski definition) is 0. The lowest BCUT2D eigenvalue weighted by atomic mass is 10.1. The molecule has 9 nitrogen and oxygen atoms in total. The molecule has 0 atom stereocenters. The van der Waals surface area contributed by atoms with Gasteiger partial charge in [0.25, 0.3) is 11.5 Å². The number of piperazine rings is 1. The molecule has 2 aromatic carbocycles. The van der Waals surface area contributed by atoms with Crippen LogP contribution < -0.4 is 10.3 Å². The average molecular weight is 450 g/mol. The van der Waals surface area contributed by atoms with Crippen molar-refractivity contribution in [1.29, 1.82) is 0 Å². The van der Waals surface area contributed by atoms with Crippen molar-refractivity contribution in [3.8, 4) is 11.4 Å². The van der Waals surface area contributed by atoms with Gasteiger partial charge in [-0.25, -0.2) is 4.79 Å². The molecule has 0 unspecified atom stereocenters. The van der Waals surface area contributed by atoms with Crippen molar-refractivity contribution < 1.29 is 19.1 Å². The van der Waals surface area contributed by atoms with Gasteiger partial charge in [0.05, 0.1) is 24.3 Å². The monoisotopic (exact) mass is 450 g/mol. The van der Waals surface area contributed by atoms with E-state index in [0.717, 1.165) is 0 Å². The number of ether oxygens (including phenoxy) is 2. The summed E-state index contributed by atoms with van der Waals surface area (Å²) in [5, 5.41) is 5.39. The van der Waals surface area contributed by atoms with Crippen molar-refractivity contribution in [2.75, 3.05) is 39.4 Å². The minimum Gasteiger partial charge on any atom is -0.494 e. The largest absolute Gasteiger partial charge is 0.494 e. The third-order valence-electron chi connectivity index (χ3n) is 5.49. The number of rotatable bonds is 5. The molecule has 0 spiro atoms. The molecule has 3 aromatic rings. The van der Waals surface area contributed by atoms with Gasteiger partial charge in [0, 0.05) is 31.6 Å². The maximum absolute atomic E-state index is 13.4. The first-order chi connectivity index (χ1) is 16.0. The van der Waals surface area contributed by atoms with Gasteiger partial charge in [0.1, 0.15) is 5.75 Å². The van der Waals surface area contributed by atoms with E-state index in [1.54, 1.807) is 65.3 Å². The van der Waals surface area contributed by atoms with Gasteiger partial charge in [-0.1, -0.05) is 18.2 Å². The van der Waals surface area contributed by atoms with Crippen LogP contribution in [0.25, 0.3) is 16.5 Å². The summed E-state index contributed by atoms with van der Waals surface area (Å²) in [6, 6.07) is 14.0. The summed E-state index contributed by atoms with van der Waals surface area (Å²) in [7, 11) is 0. The number of carbonyl (C=O) groups excluding carboxylic acids is 2. The van der Waals surface area contributed by atoms with Crippen LogP contribution in [0, 0.1) is 0 Å². The number of amides is 2.